The van der Waals surface area contributed by atoms with Gasteiger partial charge < -0.3 is 15.3 Å². The highest BCUT2D eigenvalue weighted by molar-refractivity contribution is 6.30. The highest BCUT2D eigenvalue weighted by Crippen LogP contribution is 2.27. The first-order chi connectivity index (χ1) is 11.6. The van der Waals surface area contributed by atoms with Gasteiger partial charge >= 0.3 is 0 Å². The predicted molar refractivity (Wildman–Crippen MR) is 92.9 cm³/mol. The fraction of sp³-hybridized carbons (Fsp3) is 0.222. The molecule has 5 nitrogen and oxygen atoms in total. The summed E-state index contributed by atoms with van der Waals surface area (Å²) in [6.45, 7) is 0.394. The highest BCUT2D eigenvalue weighted by Gasteiger charge is 2.37. The summed E-state index contributed by atoms with van der Waals surface area (Å²) in [7, 11) is 0. The minimum atomic E-state index is -0.710. The molecule has 0 saturated carbocycles. The summed E-state index contributed by atoms with van der Waals surface area (Å²) in [5.41, 5.74) is 2.01. The second-order valence-electron chi connectivity index (χ2n) is 5.66. The van der Waals surface area contributed by atoms with Gasteiger partial charge in [-0.25, -0.2) is 0 Å². The van der Waals surface area contributed by atoms with E-state index in [4.69, 9.17) is 16.7 Å². The van der Waals surface area contributed by atoms with Crippen LogP contribution in [0.2, 0.25) is 5.02 Å². The topological polar surface area (TPSA) is 69.6 Å². The zero-order chi connectivity index (χ0) is 17.1. The van der Waals surface area contributed by atoms with Crippen molar-refractivity contribution in [1.82, 2.24) is 0 Å². The van der Waals surface area contributed by atoms with Gasteiger partial charge in [-0.1, -0.05) is 23.7 Å². The summed E-state index contributed by atoms with van der Waals surface area (Å²) in [5, 5.41) is 12.5. The number of carbonyl (C=O) groups is 2. The van der Waals surface area contributed by atoms with Gasteiger partial charge in [-0.15, -0.1) is 0 Å². The number of nitrogens with zero attached hydrogens (tertiary/aromatic N) is 1. The smallest absolute Gasteiger partial charge is 0.239 e. The monoisotopic (exact) mass is 344 g/mol. The molecule has 0 aromatic heterocycles. The lowest BCUT2D eigenvalue weighted by Crippen LogP contribution is -2.33. The average molecular weight is 345 g/mol. The lowest BCUT2D eigenvalue weighted by Gasteiger charge is -2.17. The zero-order valence-corrected chi connectivity index (χ0v) is 13.7. The molecule has 0 spiro atoms. The Morgan fingerprint density at radius 3 is 2.71 bits per heavy atom. The minimum Gasteiger partial charge on any atom is -0.392 e. The van der Waals surface area contributed by atoms with E-state index in [0.717, 1.165) is 5.69 Å². The molecule has 2 aromatic carbocycles. The van der Waals surface area contributed by atoms with Crippen LogP contribution < -0.4 is 10.2 Å². The number of hydrogen-bond acceptors (Lipinski definition) is 3. The van der Waals surface area contributed by atoms with E-state index >= 15 is 0 Å². The van der Waals surface area contributed by atoms with Crippen LogP contribution in [0.25, 0.3) is 0 Å². The third kappa shape index (κ3) is 3.42. The van der Waals surface area contributed by atoms with Crippen molar-refractivity contribution >= 4 is 34.8 Å². The van der Waals surface area contributed by atoms with Crippen LogP contribution in [-0.2, 0) is 16.2 Å². The summed E-state index contributed by atoms with van der Waals surface area (Å²) >= 11 is 5.86. The Bertz CT molecular complexity index is 761. The van der Waals surface area contributed by atoms with E-state index in [0.29, 0.717) is 29.2 Å². The van der Waals surface area contributed by atoms with E-state index < -0.39 is 5.92 Å². The van der Waals surface area contributed by atoms with Gasteiger partial charge in [0, 0.05) is 22.9 Å². The maximum Gasteiger partial charge on any atom is 0.239 e. The van der Waals surface area contributed by atoms with Crippen molar-refractivity contribution in [1.29, 1.82) is 0 Å². The van der Waals surface area contributed by atoms with E-state index in [9.17, 15) is 9.59 Å². The van der Waals surface area contributed by atoms with Gasteiger partial charge in [0.1, 0.15) is 5.92 Å². The Labute approximate surface area is 144 Å². The number of anilines is 2. The average Bonchev–Trinajstić information content (AvgIpc) is 2.97. The predicted octanol–water partition coefficient (Wildman–Crippen LogP) is 2.82. The molecule has 1 fully saturated rings. The van der Waals surface area contributed by atoms with Crippen LogP contribution in [0.1, 0.15) is 12.0 Å². The van der Waals surface area contributed by atoms with Gasteiger partial charge in [0.15, 0.2) is 0 Å². The first-order valence-electron chi connectivity index (χ1n) is 7.66. The highest BCUT2D eigenvalue weighted by atomic mass is 35.5. The van der Waals surface area contributed by atoms with E-state index in [1.807, 2.05) is 0 Å². The van der Waals surface area contributed by atoms with E-state index in [2.05, 4.69) is 5.32 Å². The normalized spacial score (nSPS) is 17.2. The second-order valence-corrected chi connectivity index (χ2v) is 6.09. The molecule has 1 aliphatic rings. The van der Waals surface area contributed by atoms with Gasteiger partial charge in [0.25, 0.3) is 0 Å². The molecule has 1 unspecified atom stereocenters. The summed E-state index contributed by atoms with van der Waals surface area (Å²) in [5.74, 6) is -1.25. The van der Waals surface area contributed by atoms with E-state index in [1.165, 1.54) is 0 Å². The molecular formula is C18H17ClN2O3. The van der Waals surface area contributed by atoms with Crippen molar-refractivity contribution in [3.8, 4) is 0 Å². The molecule has 2 amide bonds. The second kappa shape index (κ2) is 7.03. The van der Waals surface area contributed by atoms with Crippen LogP contribution in [0.5, 0.6) is 0 Å². The van der Waals surface area contributed by atoms with E-state index in [1.54, 1.807) is 53.4 Å². The fourth-order valence-electron chi connectivity index (χ4n) is 2.78. The largest absolute Gasteiger partial charge is 0.392 e. The number of aliphatic hydroxyl groups is 1. The molecule has 1 heterocycles. The Balaban J connectivity index is 1.70. The summed E-state index contributed by atoms with van der Waals surface area (Å²) in [4.78, 5) is 26.6. The Morgan fingerprint density at radius 2 is 2.00 bits per heavy atom. The van der Waals surface area contributed by atoms with Crippen molar-refractivity contribution in [3.05, 3.63) is 59.1 Å². The molecule has 0 aliphatic carbocycles. The number of rotatable bonds is 4. The maximum atomic E-state index is 12.5. The molecule has 0 bridgehead atoms. The van der Waals surface area contributed by atoms with Crippen molar-refractivity contribution < 1.29 is 14.7 Å². The lowest BCUT2D eigenvalue weighted by molar-refractivity contribution is -0.129. The number of benzene rings is 2. The van der Waals surface area contributed by atoms with Crippen LogP contribution in [0.15, 0.2) is 48.5 Å². The number of nitrogens with one attached hydrogen (secondary N) is 1. The Morgan fingerprint density at radius 1 is 1.25 bits per heavy atom. The SMILES string of the molecule is O=C(Nc1cccc(CO)c1)C1CCN(c2ccc(Cl)cc2)C1=O. The van der Waals surface area contributed by atoms with Crippen LogP contribution in [0.3, 0.4) is 0 Å². The summed E-state index contributed by atoms with van der Waals surface area (Å²) in [6, 6.07) is 13.9. The number of amides is 2. The Hall–Kier alpha value is -2.37. The lowest BCUT2D eigenvalue weighted by atomic mass is 10.1. The van der Waals surface area contributed by atoms with Gasteiger partial charge in [-0.2, -0.15) is 0 Å². The fourth-order valence-corrected chi connectivity index (χ4v) is 2.90. The van der Waals surface area contributed by atoms with E-state index in [-0.39, 0.29) is 18.4 Å². The van der Waals surface area contributed by atoms with Crippen LogP contribution in [0.4, 0.5) is 11.4 Å². The first kappa shape index (κ1) is 16.5. The Kier molecular flexibility index (Phi) is 4.83. The molecule has 1 atom stereocenters. The molecule has 124 valence electrons. The maximum absolute atomic E-state index is 12.5. The van der Waals surface area contributed by atoms with Crippen LogP contribution in [0, 0.1) is 5.92 Å². The molecule has 6 heteroatoms. The van der Waals surface area contributed by atoms with Crippen LogP contribution >= 0.6 is 11.6 Å². The van der Waals surface area contributed by atoms with Gasteiger partial charge in [-0.05, 0) is 48.4 Å². The number of halogens is 1. The van der Waals surface area contributed by atoms with Gasteiger partial charge in [0.05, 0.1) is 6.61 Å². The van der Waals surface area contributed by atoms with Crippen molar-refractivity contribution in [2.45, 2.75) is 13.0 Å². The molecule has 2 aromatic rings. The number of aliphatic hydroxyl groups excluding tert-OH is 1. The molecule has 1 aliphatic heterocycles. The summed E-state index contributed by atoms with van der Waals surface area (Å²) < 4.78 is 0. The van der Waals surface area contributed by atoms with Gasteiger partial charge in [-0.3, -0.25) is 9.59 Å². The van der Waals surface area contributed by atoms with Crippen molar-refractivity contribution in [2.75, 3.05) is 16.8 Å². The third-order valence-electron chi connectivity index (χ3n) is 4.04. The number of carbonyl (C=O) groups excluding carboxylic acids is 2. The molecule has 2 N–H and O–H groups in total. The quantitative estimate of drug-likeness (QED) is 0.838. The number of hydrogen-bond donors (Lipinski definition) is 2. The molecule has 0 radical (unpaired) electrons. The third-order valence-corrected chi connectivity index (χ3v) is 4.29. The van der Waals surface area contributed by atoms with Crippen LogP contribution in [-0.4, -0.2) is 23.5 Å². The van der Waals surface area contributed by atoms with Crippen molar-refractivity contribution in [2.24, 2.45) is 5.92 Å². The minimum absolute atomic E-state index is 0.101. The summed E-state index contributed by atoms with van der Waals surface area (Å²) in [6.07, 6.45) is 0.465. The first-order valence-corrected chi connectivity index (χ1v) is 8.04. The zero-order valence-electron chi connectivity index (χ0n) is 12.9. The molecule has 1 saturated heterocycles. The van der Waals surface area contributed by atoms with Crippen molar-refractivity contribution in [3.63, 3.8) is 0 Å². The van der Waals surface area contributed by atoms with Gasteiger partial charge in [0.2, 0.25) is 11.8 Å². The standard InChI is InChI=1S/C18H17ClN2O3/c19-13-4-6-15(7-5-13)21-9-8-16(18(21)24)17(23)20-14-3-1-2-12(10-14)11-22/h1-7,10,16,22H,8-9,11H2,(H,20,23). The molecular weight excluding hydrogens is 328 g/mol. The molecule has 3 rings (SSSR count). The molecule has 24 heavy (non-hydrogen) atoms.